The number of aromatic nitrogens is 3. The molecule has 18 heavy (non-hydrogen) atoms. The van der Waals surface area contributed by atoms with Crippen molar-refractivity contribution in [2.75, 3.05) is 26.2 Å². The molecule has 0 unspecified atom stereocenters. The lowest BCUT2D eigenvalue weighted by atomic mass is 10.2. The molecule has 0 aromatic carbocycles. The van der Waals surface area contributed by atoms with Gasteiger partial charge in [0.25, 0.3) is 5.91 Å². The fourth-order valence-corrected chi connectivity index (χ4v) is 2.13. The van der Waals surface area contributed by atoms with E-state index in [1.165, 1.54) is 0 Å². The lowest BCUT2D eigenvalue weighted by molar-refractivity contribution is 0.0584. The summed E-state index contributed by atoms with van der Waals surface area (Å²) in [5.74, 6) is 0.998. The van der Waals surface area contributed by atoms with Gasteiger partial charge in [-0.1, -0.05) is 6.92 Å². The first-order valence-electron chi connectivity index (χ1n) is 6.56. The van der Waals surface area contributed by atoms with Crippen molar-refractivity contribution in [2.45, 2.75) is 33.2 Å². The standard InChI is InChI=1S/C12H21N5O/c1-4-10-13-11(15-14-10)12(18)17-7-5-16(6-8-17)9(2)3/h9H,4-8H2,1-3H3,(H,13,14,15). The fraction of sp³-hybridized carbons (Fsp3) is 0.750. The maximum absolute atomic E-state index is 12.2. The predicted molar refractivity (Wildman–Crippen MR) is 68.4 cm³/mol. The second kappa shape index (κ2) is 5.48. The highest BCUT2D eigenvalue weighted by molar-refractivity contribution is 5.90. The Morgan fingerprint density at radius 3 is 2.50 bits per heavy atom. The molecule has 0 aliphatic carbocycles. The minimum Gasteiger partial charge on any atom is -0.333 e. The molecule has 0 radical (unpaired) electrons. The van der Waals surface area contributed by atoms with E-state index >= 15 is 0 Å². The Bertz CT molecular complexity index is 406. The molecule has 1 aromatic rings. The quantitative estimate of drug-likeness (QED) is 0.851. The summed E-state index contributed by atoms with van der Waals surface area (Å²) in [5.41, 5.74) is 0. The van der Waals surface area contributed by atoms with Gasteiger partial charge in [0.1, 0.15) is 5.82 Å². The van der Waals surface area contributed by atoms with Crippen LogP contribution in [-0.4, -0.2) is 63.1 Å². The summed E-state index contributed by atoms with van der Waals surface area (Å²) in [6.07, 6.45) is 0.765. The van der Waals surface area contributed by atoms with E-state index in [-0.39, 0.29) is 5.91 Å². The zero-order valence-corrected chi connectivity index (χ0v) is 11.3. The van der Waals surface area contributed by atoms with Crippen molar-refractivity contribution >= 4 is 5.91 Å². The monoisotopic (exact) mass is 251 g/mol. The number of carbonyl (C=O) groups excluding carboxylic acids is 1. The number of carbonyl (C=O) groups is 1. The fourth-order valence-electron chi connectivity index (χ4n) is 2.13. The summed E-state index contributed by atoms with van der Waals surface area (Å²) in [7, 11) is 0. The van der Waals surface area contributed by atoms with Gasteiger partial charge in [-0.15, -0.1) is 5.10 Å². The highest BCUT2D eigenvalue weighted by Crippen LogP contribution is 2.08. The van der Waals surface area contributed by atoms with Crippen molar-refractivity contribution in [2.24, 2.45) is 0 Å². The Kier molecular flexibility index (Phi) is 3.96. The summed E-state index contributed by atoms with van der Waals surface area (Å²) in [5, 5.41) is 6.76. The van der Waals surface area contributed by atoms with Crippen molar-refractivity contribution in [1.82, 2.24) is 25.0 Å². The maximum atomic E-state index is 12.2. The van der Waals surface area contributed by atoms with Crippen LogP contribution in [-0.2, 0) is 6.42 Å². The molecule has 1 amide bonds. The Labute approximate surface area is 107 Å². The largest absolute Gasteiger partial charge is 0.333 e. The summed E-state index contributed by atoms with van der Waals surface area (Å²) < 4.78 is 0. The second-order valence-corrected chi connectivity index (χ2v) is 4.88. The summed E-state index contributed by atoms with van der Waals surface area (Å²) in [6, 6.07) is 0.539. The molecule has 6 heteroatoms. The molecule has 1 aliphatic rings. The van der Waals surface area contributed by atoms with Crippen LogP contribution in [0.1, 0.15) is 37.2 Å². The van der Waals surface area contributed by atoms with Crippen molar-refractivity contribution in [3.8, 4) is 0 Å². The number of H-pyrrole nitrogens is 1. The Morgan fingerprint density at radius 2 is 2.00 bits per heavy atom. The molecule has 0 spiro atoms. The number of aromatic amines is 1. The minimum absolute atomic E-state index is 0.0608. The van der Waals surface area contributed by atoms with Crippen molar-refractivity contribution in [1.29, 1.82) is 0 Å². The van der Waals surface area contributed by atoms with Gasteiger partial charge in [-0.25, -0.2) is 4.98 Å². The van der Waals surface area contributed by atoms with Crippen LogP contribution in [0.25, 0.3) is 0 Å². The molecule has 1 saturated heterocycles. The first-order chi connectivity index (χ1) is 8.61. The van der Waals surface area contributed by atoms with E-state index in [1.807, 2.05) is 11.8 Å². The zero-order valence-electron chi connectivity index (χ0n) is 11.3. The van der Waals surface area contributed by atoms with Gasteiger partial charge in [-0.3, -0.25) is 14.8 Å². The van der Waals surface area contributed by atoms with Crippen molar-refractivity contribution in [3.05, 3.63) is 11.6 Å². The molecule has 1 fully saturated rings. The topological polar surface area (TPSA) is 65.1 Å². The SMILES string of the molecule is CCc1nc(C(=O)N2CCN(C(C)C)CC2)n[nH]1. The first kappa shape index (κ1) is 13.0. The Morgan fingerprint density at radius 1 is 1.33 bits per heavy atom. The molecule has 0 saturated carbocycles. The van der Waals surface area contributed by atoms with Crippen LogP contribution in [0, 0.1) is 0 Å². The molecule has 2 heterocycles. The minimum atomic E-state index is -0.0608. The van der Waals surface area contributed by atoms with E-state index in [1.54, 1.807) is 0 Å². The average molecular weight is 251 g/mol. The van der Waals surface area contributed by atoms with Crippen LogP contribution in [0.3, 0.4) is 0 Å². The van der Waals surface area contributed by atoms with Crippen LogP contribution in [0.15, 0.2) is 0 Å². The summed E-state index contributed by atoms with van der Waals surface area (Å²) >= 11 is 0. The molecule has 0 atom stereocenters. The molecule has 1 aliphatic heterocycles. The van der Waals surface area contributed by atoms with E-state index in [0.717, 1.165) is 38.4 Å². The lowest BCUT2D eigenvalue weighted by Crippen LogP contribution is -2.50. The molecule has 6 nitrogen and oxygen atoms in total. The van der Waals surface area contributed by atoms with Gasteiger partial charge >= 0.3 is 0 Å². The number of hydrogen-bond donors (Lipinski definition) is 1. The zero-order chi connectivity index (χ0) is 13.1. The second-order valence-electron chi connectivity index (χ2n) is 4.88. The third-order valence-electron chi connectivity index (χ3n) is 3.39. The van der Waals surface area contributed by atoms with Gasteiger partial charge in [0.2, 0.25) is 5.82 Å². The molecule has 1 N–H and O–H groups in total. The van der Waals surface area contributed by atoms with E-state index < -0.39 is 0 Å². The normalized spacial score (nSPS) is 17.4. The number of rotatable bonds is 3. The molecule has 100 valence electrons. The van der Waals surface area contributed by atoms with E-state index in [0.29, 0.717) is 11.9 Å². The highest BCUT2D eigenvalue weighted by Gasteiger charge is 2.25. The third kappa shape index (κ3) is 2.69. The van der Waals surface area contributed by atoms with Gasteiger partial charge in [0, 0.05) is 38.6 Å². The smallest absolute Gasteiger partial charge is 0.293 e. The van der Waals surface area contributed by atoms with Crippen LogP contribution >= 0.6 is 0 Å². The molecular weight excluding hydrogens is 230 g/mol. The van der Waals surface area contributed by atoms with Crippen LogP contribution in [0.4, 0.5) is 0 Å². The predicted octanol–water partition coefficient (Wildman–Crippen LogP) is 0.533. The molecule has 1 aromatic heterocycles. The number of amides is 1. The average Bonchev–Trinajstić information content (AvgIpc) is 2.86. The van der Waals surface area contributed by atoms with Crippen molar-refractivity contribution in [3.63, 3.8) is 0 Å². The number of hydrogen-bond acceptors (Lipinski definition) is 4. The van der Waals surface area contributed by atoms with Gasteiger partial charge in [0.15, 0.2) is 0 Å². The van der Waals surface area contributed by atoms with Crippen LogP contribution < -0.4 is 0 Å². The molecule has 2 rings (SSSR count). The first-order valence-corrected chi connectivity index (χ1v) is 6.56. The Balaban J connectivity index is 1.95. The third-order valence-corrected chi connectivity index (χ3v) is 3.39. The number of nitrogens with one attached hydrogen (secondary N) is 1. The molecule has 0 bridgehead atoms. The lowest BCUT2D eigenvalue weighted by Gasteiger charge is -2.36. The van der Waals surface area contributed by atoms with Gasteiger partial charge < -0.3 is 4.90 Å². The van der Waals surface area contributed by atoms with Gasteiger partial charge in [-0.05, 0) is 13.8 Å². The maximum Gasteiger partial charge on any atom is 0.293 e. The number of nitrogens with zero attached hydrogens (tertiary/aromatic N) is 4. The number of piperazine rings is 1. The molecular formula is C12H21N5O. The number of aryl methyl sites for hydroxylation is 1. The van der Waals surface area contributed by atoms with Crippen LogP contribution in [0.2, 0.25) is 0 Å². The highest BCUT2D eigenvalue weighted by atomic mass is 16.2. The van der Waals surface area contributed by atoms with E-state index in [9.17, 15) is 4.79 Å². The van der Waals surface area contributed by atoms with E-state index in [4.69, 9.17) is 0 Å². The summed E-state index contributed by atoms with van der Waals surface area (Å²) in [6.45, 7) is 9.71. The Hall–Kier alpha value is -1.43. The van der Waals surface area contributed by atoms with Crippen molar-refractivity contribution < 1.29 is 4.79 Å². The van der Waals surface area contributed by atoms with E-state index in [2.05, 4.69) is 33.9 Å². The van der Waals surface area contributed by atoms with Crippen LogP contribution in [0.5, 0.6) is 0 Å². The summed E-state index contributed by atoms with van der Waals surface area (Å²) in [4.78, 5) is 20.6. The van der Waals surface area contributed by atoms with Gasteiger partial charge in [-0.2, -0.15) is 0 Å². The van der Waals surface area contributed by atoms with Gasteiger partial charge in [0.05, 0.1) is 0 Å².